The fourth-order valence-corrected chi connectivity index (χ4v) is 0. The Bertz CT molecular complexity index is 14.9. The summed E-state index contributed by atoms with van der Waals surface area (Å²) in [5.41, 5.74) is 0. The van der Waals surface area contributed by atoms with Crippen LogP contribution in [0.2, 0.25) is 0 Å². The van der Waals surface area contributed by atoms with Crippen LogP contribution in [-0.4, -0.2) is 0 Å². The summed E-state index contributed by atoms with van der Waals surface area (Å²) in [5, 5.41) is 0. The van der Waals surface area contributed by atoms with Gasteiger partial charge in [-0.15, -0.1) is 0 Å². The van der Waals surface area contributed by atoms with Crippen LogP contribution >= 0.6 is 0 Å². The second kappa shape index (κ2) is 25.0. The Balaban J connectivity index is 0. The van der Waals surface area contributed by atoms with Crippen molar-refractivity contribution in [2.45, 2.75) is 0 Å². The van der Waals surface area contributed by atoms with Gasteiger partial charge in [-0.2, -0.15) is 0 Å². The number of rotatable bonds is 0. The third-order valence-corrected chi connectivity index (χ3v) is 0. The Kier molecular flexibility index (Phi) is 186. The molecule has 0 rings (SSSR count). The zero-order chi connectivity index (χ0) is 0. The van der Waals surface area contributed by atoms with Crippen molar-refractivity contribution in [1.82, 2.24) is 0 Å². The quantitative estimate of drug-likeness (QED) is 0.249. The average molecular weight is 71.8 g/mol. The van der Waals surface area contributed by atoms with Gasteiger partial charge in [0.05, 0.1) is 0 Å². The Morgan fingerprint density at radius 1 is 0.600 bits per heavy atom. The molecule has 0 N–H and O–H groups in total. The molecular weight excluding hydrogens is 66.8 g/mol. The fourth-order valence-electron chi connectivity index (χ4n) is 0. The minimum absolute atomic E-state index is 0. The molecule has 0 aliphatic heterocycles. The molecule has 0 nitrogen and oxygen atoms in total. The molecule has 0 saturated carbocycles. The third-order valence-electron chi connectivity index (χ3n) is 0. The van der Waals surface area contributed by atoms with Crippen molar-refractivity contribution in [3.63, 3.8) is 0 Å². The van der Waals surface area contributed by atoms with Gasteiger partial charge in [-0.05, 0) is 0 Å². The zero-order valence-electron chi connectivity index (χ0n) is 10.0. The predicted molar refractivity (Wildman–Crippen MR) is 5.56 cm³/mol. The third kappa shape index (κ3) is 18.2. The Morgan fingerprint density at radius 3 is 0.600 bits per heavy atom. The molecule has 0 aromatic heterocycles. The van der Waals surface area contributed by atoms with E-state index in [2.05, 4.69) is 0 Å². The molecule has 10 valence electrons. The van der Waals surface area contributed by atoms with Gasteiger partial charge in [0, 0.05) is 0 Å². The molecule has 0 saturated heterocycles. The molecule has 0 fully saturated rings. The second-order valence-corrected chi connectivity index (χ2v) is 0. The summed E-state index contributed by atoms with van der Waals surface area (Å²) in [7, 11) is 0. The predicted octanol–water partition coefficient (Wildman–Crippen LogP) is -14.4. The van der Waals surface area contributed by atoms with Gasteiger partial charge in [0.25, 0.3) is 0 Å². The molecule has 0 bridgehead atoms. The summed E-state index contributed by atoms with van der Waals surface area (Å²) in [6, 6.07) is 0. The van der Waals surface area contributed by atoms with Gasteiger partial charge < -0.3 is 7.13 Å². The number of hydrogen-bond acceptors (Lipinski definition) is 0. The Hall–Kier alpha value is 3.79. The maximum absolute atomic E-state index is 0. The summed E-state index contributed by atoms with van der Waals surface area (Å²) < 4.78 is 0. The van der Waals surface area contributed by atoms with E-state index in [-0.39, 0.29) is 123 Å². The monoisotopic (exact) mass is 72.1 g/mol. The van der Waals surface area contributed by atoms with Gasteiger partial charge >= 0.3 is 116 Å². The van der Waals surface area contributed by atoms with E-state index in [1.165, 1.54) is 0 Å². The zero-order valence-corrected chi connectivity index (χ0v) is 9.00. The van der Waals surface area contributed by atoms with Gasteiger partial charge in [-0.3, -0.25) is 0 Å². The first-order valence-electron chi connectivity index (χ1n) is 0. The van der Waals surface area contributed by atoms with Crippen LogP contribution in [0, 0.1) is 0 Å². The van der Waals surface area contributed by atoms with E-state index in [1.54, 1.807) is 0 Å². The molecule has 0 aromatic carbocycles. The van der Waals surface area contributed by atoms with E-state index >= 15 is 0 Å². The molecule has 0 aromatic rings. The van der Waals surface area contributed by atoms with E-state index in [0.29, 0.717) is 0 Å². The molecule has 0 aliphatic carbocycles. The van der Waals surface area contributed by atoms with Gasteiger partial charge in [0.15, 0.2) is 0 Å². The van der Waals surface area contributed by atoms with Crippen molar-refractivity contribution in [3.8, 4) is 0 Å². The SMILES string of the molecule is [H-].[H-].[H-].[H-].[H-].[Li+].[Li+].[Li+].[Na+].[Na+]. The summed E-state index contributed by atoms with van der Waals surface area (Å²) in [5.74, 6) is 0. The average Bonchev–Trinajstić information content (AvgIpc) is 0. The topological polar surface area (TPSA) is 0 Å². The molecule has 0 radical (unpaired) electrons. The maximum atomic E-state index is 0. The van der Waals surface area contributed by atoms with Crippen LogP contribution in [0.5, 0.6) is 0 Å². The molecule has 0 heterocycles. The first kappa shape index (κ1) is 37.1. The van der Waals surface area contributed by atoms with Crippen molar-refractivity contribution in [1.29, 1.82) is 0 Å². The van der Waals surface area contributed by atoms with E-state index in [9.17, 15) is 0 Å². The van der Waals surface area contributed by atoms with Gasteiger partial charge in [-0.25, -0.2) is 0 Å². The van der Waals surface area contributed by atoms with Crippen molar-refractivity contribution in [2.75, 3.05) is 0 Å². The fraction of sp³-hybridized carbons (Fsp3) is 0. The molecule has 0 atom stereocenters. The van der Waals surface area contributed by atoms with Crippen LogP contribution in [0.15, 0.2) is 0 Å². The normalized spacial score (nSPS) is 0. The summed E-state index contributed by atoms with van der Waals surface area (Å²) in [6.07, 6.45) is 0. The van der Waals surface area contributed by atoms with Crippen molar-refractivity contribution in [2.24, 2.45) is 0 Å². The first-order chi connectivity index (χ1) is 0. The van der Waals surface area contributed by atoms with E-state index < -0.39 is 0 Å². The van der Waals surface area contributed by atoms with E-state index in [1.807, 2.05) is 0 Å². The first-order valence-corrected chi connectivity index (χ1v) is 0. The van der Waals surface area contributed by atoms with Gasteiger partial charge in [0.1, 0.15) is 0 Å². The summed E-state index contributed by atoms with van der Waals surface area (Å²) in [4.78, 5) is 0. The molecule has 0 unspecified atom stereocenters. The summed E-state index contributed by atoms with van der Waals surface area (Å²) >= 11 is 0. The van der Waals surface area contributed by atoms with Crippen LogP contribution in [0.25, 0.3) is 0 Å². The van der Waals surface area contributed by atoms with E-state index in [0.717, 1.165) is 0 Å². The van der Waals surface area contributed by atoms with Gasteiger partial charge in [-0.1, -0.05) is 0 Å². The van der Waals surface area contributed by atoms with Crippen molar-refractivity contribution >= 4 is 0 Å². The molecule has 5 heavy (non-hydrogen) atoms. The van der Waals surface area contributed by atoms with Crippen LogP contribution in [0.3, 0.4) is 0 Å². The molecule has 0 amide bonds. The van der Waals surface area contributed by atoms with Gasteiger partial charge in [0.2, 0.25) is 0 Å². The Morgan fingerprint density at radius 2 is 0.600 bits per heavy atom. The standard InChI is InChI=1S/3Li.2Na.5H/q5*+1;5*-1. The minimum atomic E-state index is 0. The second-order valence-electron chi connectivity index (χ2n) is 0. The van der Waals surface area contributed by atoms with E-state index in [4.69, 9.17) is 0 Å². The number of hydrogen-bond donors (Lipinski definition) is 0. The molecule has 0 spiro atoms. The smallest absolute Gasteiger partial charge is 1.00 e. The molecular formula is H5Li3Na2. The van der Waals surface area contributed by atoms with Crippen LogP contribution in [0.4, 0.5) is 0 Å². The summed E-state index contributed by atoms with van der Waals surface area (Å²) in [6.45, 7) is 0. The van der Waals surface area contributed by atoms with Crippen LogP contribution < -0.4 is 116 Å². The van der Waals surface area contributed by atoms with Crippen molar-refractivity contribution < 1.29 is 123 Å². The maximum Gasteiger partial charge on any atom is 1.00 e. The molecule has 0 aliphatic rings. The van der Waals surface area contributed by atoms with Crippen molar-refractivity contribution in [3.05, 3.63) is 0 Å². The molecule has 5 heteroatoms. The Labute approximate surface area is 121 Å². The van der Waals surface area contributed by atoms with Crippen LogP contribution in [0.1, 0.15) is 7.13 Å². The van der Waals surface area contributed by atoms with Crippen LogP contribution in [-0.2, 0) is 0 Å². The minimum Gasteiger partial charge on any atom is -1.00 e. The largest absolute Gasteiger partial charge is 1.00 e.